The molecule has 0 bridgehead atoms. The Labute approximate surface area is 336 Å². The summed E-state index contributed by atoms with van der Waals surface area (Å²) in [6.45, 7) is 19.7. The lowest BCUT2D eigenvalue weighted by atomic mass is 10.1. The number of aryl methyl sites for hydroxylation is 1. The van der Waals surface area contributed by atoms with E-state index < -0.39 is 35.2 Å². The zero-order chi connectivity index (χ0) is 40.9. The standard InChI is InChI=1S/C39H48Cl2N6O7S/c1-10-12-13-18-47(37(51)54-39(7,8)9)23-30(48)43-33-28(40)20-25(21-29(33)41)22-42-35(45-36(50)53-38(4,5)6)44-34(49)31-24(3)55-46-32(31)26-14-16-27(17-15-26)52-19-11-2/h10-11,14-17,20-21H,1-2,12-13,18-19,22-23H2,3-9H3,(H,43,48)(H2,42,44,45,49,50). The van der Waals surface area contributed by atoms with Crippen molar-refractivity contribution in [2.24, 2.45) is 4.99 Å². The molecule has 13 nitrogen and oxygen atoms in total. The minimum absolute atomic E-state index is 0.00873. The van der Waals surface area contributed by atoms with Crippen molar-refractivity contribution in [1.29, 1.82) is 0 Å². The molecule has 0 saturated carbocycles. The molecule has 0 atom stereocenters. The second-order valence-corrected chi connectivity index (χ2v) is 15.9. The SMILES string of the molecule is C=CCCCN(CC(=O)Nc1c(Cl)cc(CN/C(=N/C(=O)c2c(-c3ccc(OCC=C)cc3)nsc2C)NC(=O)OC(C)(C)C)cc1Cl)C(=O)OC(C)(C)C. The van der Waals surface area contributed by atoms with Crippen molar-refractivity contribution in [3.8, 4) is 17.0 Å². The highest BCUT2D eigenvalue weighted by molar-refractivity contribution is 7.06. The van der Waals surface area contributed by atoms with Crippen molar-refractivity contribution in [3.05, 3.63) is 87.8 Å². The average Bonchev–Trinajstić information content (AvgIpc) is 3.47. The van der Waals surface area contributed by atoms with E-state index in [1.54, 1.807) is 97.0 Å². The molecular formula is C39H48Cl2N6O7S. The van der Waals surface area contributed by atoms with Gasteiger partial charge >= 0.3 is 12.2 Å². The number of rotatable bonds is 14. The van der Waals surface area contributed by atoms with Gasteiger partial charge in [0.1, 0.15) is 30.1 Å². The second kappa shape index (κ2) is 20.1. The first-order valence-electron chi connectivity index (χ1n) is 17.3. The molecule has 0 fully saturated rings. The molecule has 16 heteroatoms. The van der Waals surface area contributed by atoms with Gasteiger partial charge in [-0.05, 0) is 115 Å². The third-order valence-corrected chi connectivity index (χ3v) is 8.40. The quantitative estimate of drug-likeness (QED) is 0.0625. The van der Waals surface area contributed by atoms with Gasteiger partial charge < -0.3 is 24.8 Å². The van der Waals surface area contributed by atoms with Crippen LogP contribution < -0.4 is 20.7 Å². The summed E-state index contributed by atoms with van der Waals surface area (Å²) in [4.78, 5) is 58.6. The molecule has 1 heterocycles. The molecule has 1 aromatic heterocycles. The number of alkyl carbamates (subject to hydrolysis) is 1. The van der Waals surface area contributed by atoms with Crippen LogP contribution in [0.25, 0.3) is 11.3 Å². The summed E-state index contributed by atoms with van der Waals surface area (Å²) in [5.74, 6) is -0.772. The Morgan fingerprint density at radius 2 is 1.60 bits per heavy atom. The van der Waals surface area contributed by atoms with Gasteiger partial charge in [-0.15, -0.1) is 6.58 Å². The molecule has 3 N–H and O–H groups in total. The molecule has 3 rings (SSSR count). The first kappa shape index (κ1) is 44.5. The van der Waals surface area contributed by atoms with E-state index in [-0.39, 0.29) is 46.9 Å². The smallest absolute Gasteiger partial charge is 0.414 e. The number of carbonyl (C=O) groups excluding carboxylic acids is 4. The zero-order valence-corrected chi connectivity index (χ0v) is 34.5. The Balaban J connectivity index is 1.83. The molecular weight excluding hydrogens is 767 g/mol. The highest BCUT2D eigenvalue weighted by Gasteiger charge is 2.25. The highest BCUT2D eigenvalue weighted by Crippen LogP contribution is 2.33. The minimum atomic E-state index is -0.846. The van der Waals surface area contributed by atoms with E-state index >= 15 is 0 Å². The van der Waals surface area contributed by atoms with Crippen LogP contribution in [0.4, 0.5) is 15.3 Å². The van der Waals surface area contributed by atoms with E-state index in [0.29, 0.717) is 46.9 Å². The monoisotopic (exact) mass is 814 g/mol. The van der Waals surface area contributed by atoms with Crippen LogP contribution in [0.1, 0.15) is 75.2 Å². The number of nitrogens with zero attached hydrogens (tertiary/aromatic N) is 3. The number of benzene rings is 2. The molecule has 0 aliphatic rings. The van der Waals surface area contributed by atoms with Crippen molar-refractivity contribution >= 4 is 70.4 Å². The summed E-state index contributed by atoms with van der Waals surface area (Å²) in [6, 6.07) is 10.2. The number of hydrogen-bond donors (Lipinski definition) is 3. The van der Waals surface area contributed by atoms with Crippen molar-refractivity contribution < 1.29 is 33.4 Å². The van der Waals surface area contributed by atoms with E-state index in [1.165, 1.54) is 4.90 Å². The summed E-state index contributed by atoms with van der Waals surface area (Å²) >= 11 is 14.3. The van der Waals surface area contributed by atoms with E-state index in [4.69, 9.17) is 37.4 Å². The number of guanidine groups is 1. The molecule has 3 aromatic rings. The number of halogens is 2. The van der Waals surface area contributed by atoms with Crippen LogP contribution >= 0.6 is 34.7 Å². The maximum absolute atomic E-state index is 13.7. The first-order valence-corrected chi connectivity index (χ1v) is 18.9. The number of nitrogens with one attached hydrogen (secondary N) is 3. The summed E-state index contributed by atoms with van der Waals surface area (Å²) < 4.78 is 20.9. The predicted molar refractivity (Wildman–Crippen MR) is 218 cm³/mol. The molecule has 2 aromatic carbocycles. The molecule has 0 saturated heterocycles. The zero-order valence-electron chi connectivity index (χ0n) is 32.1. The molecule has 0 spiro atoms. The Bertz CT molecular complexity index is 1880. The normalized spacial score (nSPS) is 11.6. The Kier molecular flexibility index (Phi) is 16.3. The number of aromatic nitrogens is 1. The molecule has 0 aliphatic carbocycles. The molecule has 0 aliphatic heterocycles. The fourth-order valence-electron chi connectivity index (χ4n) is 4.73. The molecule has 0 unspecified atom stereocenters. The summed E-state index contributed by atoms with van der Waals surface area (Å²) in [5, 5.41) is 8.36. The number of amides is 4. The number of carbonyl (C=O) groups is 4. The fraction of sp³-hybridized carbons (Fsp3) is 0.385. The van der Waals surface area contributed by atoms with Crippen LogP contribution in [0, 0.1) is 6.92 Å². The number of unbranched alkanes of at least 4 members (excludes halogenated alkanes) is 1. The first-order chi connectivity index (χ1) is 25.8. The number of allylic oxidation sites excluding steroid dienone is 1. The number of anilines is 1. The third kappa shape index (κ3) is 14.7. The van der Waals surface area contributed by atoms with Gasteiger partial charge in [-0.25, -0.2) is 9.59 Å². The van der Waals surface area contributed by atoms with E-state index in [0.717, 1.165) is 11.5 Å². The van der Waals surface area contributed by atoms with Crippen LogP contribution in [0.2, 0.25) is 10.0 Å². The van der Waals surface area contributed by atoms with Crippen molar-refractivity contribution in [3.63, 3.8) is 0 Å². The van der Waals surface area contributed by atoms with E-state index in [2.05, 4.69) is 38.5 Å². The van der Waals surface area contributed by atoms with Crippen molar-refractivity contribution in [1.82, 2.24) is 19.9 Å². The Hall–Kier alpha value is -4.92. The van der Waals surface area contributed by atoms with E-state index in [1.807, 2.05) is 0 Å². The maximum atomic E-state index is 13.7. The fourth-order valence-corrected chi connectivity index (χ4v) is 6.05. The van der Waals surface area contributed by atoms with Gasteiger partial charge in [0.2, 0.25) is 11.9 Å². The molecule has 0 radical (unpaired) electrons. The molecule has 55 heavy (non-hydrogen) atoms. The van der Waals surface area contributed by atoms with Crippen LogP contribution in [0.5, 0.6) is 5.75 Å². The number of ether oxygens (including phenoxy) is 3. The average molecular weight is 816 g/mol. The lowest BCUT2D eigenvalue weighted by Gasteiger charge is -2.27. The number of hydrogen-bond acceptors (Lipinski definition) is 9. The molecule has 4 amide bonds. The minimum Gasteiger partial charge on any atom is -0.490 e. The van der Waals surface area contributed by atoms with Crippen molar-refractivity contribution in [2.45, 2.75) is 79.1 Å². The Morgan fingerprint density at radius 3 is 2.18 bits per heavy atom. The van der Waals surface area contributed by atoms with Gasteiger partial charge in [0.05, 0.1) is 27.0 Å². The number of aliphatic imine (C=N–C) groups is 1. The van der Waals surface area contributed by atoms with Gasteiger partial charge in [-0.2, -0.15) is 9.37 Å². The second-order valence-electron chi connectivity index (χ2n) is 14.1. The van der Waals surface area contributed by atoms with Gasteiger partial charge in [-0.1, -0.05) is 41.9 Å². The van der Waals surface area contributed by atoms with Gasteiger partial charge in [-0.3, -0.25) is 19.8 Å². The Morgan fingerprint density at radius 1 is 0.964 bits per heavy atom. The highest BCUT2D eigenvalue weighted by atomic mass is 35.5. The van der Waals surface area contributed by atoms with Gasteiger partial charge in [0.15, 0.2) is 0 Å². The van der Waals surface area contributed by atoms with E-state index in [9.17, 15) is 19.2 Å². The summed E-state index contributed by atoms with van der Waals surface area (Å²) in [7, 11) is 0. The topological polar surface area (TPSA) is 161 Å². The lowest BCUT2D eigenvalue weighted by Crippen LogP contribution is -2.43. The van der Waals surface area contributed by atoms with Gasteiger partial charge in [0.25, 0.3) is 5.91 Å². The largest absolute Gasteiger partial charge is 0.490 e. The van der Waals surface area contributed by atoms with Crippen LogP contribution in [0.3, 0.4) is 0 Å². The summed E-state index contributed by atoms with van der Waals surface area (Å²) in [5.41, 5.74) is 0.419. The predicted octanol–water partition coefficient (Wildman–Crippen LogP) is 8.94. The molecule has 296 valence electrons. The van der Waals surface area contributed by atoms with Crippen LogP contribution in [-0.2, 0) is 20.8 Å². The van der Waals surface area contributed by atoms with Crippen molar-refractivity contribution in [2.75, 3.05) is 25.0 Å². The third-order valence-electron chi connectivity index (χ3n) is 7.05. The lowest BCUT2D eigenvalue weighted by molar-refractivity contribution is -0.117. The van der Waals surface area contributed by atoms with Crippen LogP contribution in [-0.4, -0.2) is 70.1 Å². The maximum Gasteiger partial charge on any atom is 0.414 e. The van der Waals surface area contributed by atoms with Gasteiger partial charge in [0, 0.05) is 23.5 Å². The van der Waals surface area contributed by atoms with Crippen LogP contribution in [0.15, 0.2) is 66.7 Å². The summed E-state index contributed by atoms with van der Waals surface area (Å²) in [6.07, 6.45) is 3.12.